The first-order valence-electron chi connectivity index (χ1n) is 7.98. The van der Waals surface area contributed by atoms with Gasteiger partial charge in [-0.1, -0.05) is 24.3 Å². The largest absolute Gasteiger partial charge is 0.424 e. The average molecular weight is 333 g/mol. The van der Waals surface area contributed by atoms with Gasteiger partial charge < -0.3 is 10.1 Å². The SMILES string of the molecule is Cc1cc(C)nc(Oc2cccc(NC(=O)c3ccccc3C)c2)n1. The van der Waals surface area contributed by atoms with E-state index in [1.807, 2.05) is 57.2 Å². The van der Waals surface area contributed by atoms with Crippen LogP contribution in [0, 0.1) is 20.8 Å². The molecule has 0 radical (unpaired) electrons. The minimum Gasteiger partial charge on any atom is -0.424 e. The number of benzene rings is 2. The lowest BCUT2D eigenvalue weighted by molar-refractivity contribution is 0.102. The normalized spacial score (nSPS) is 10.4. The van der Waals surface area contributed by atoms with Crippen LogP contribution in [0.4, 0.5) is 5.69 Å². The van der Waals surface area contributed by atoms with Gasteiger partial charge in [-0.15, -0.1) is 0 Å². The molecular weight excluding hydrogens is 314 g/mol. The quantitative estimate of drug-likeness (QED) is 0.766. The van der Waals surface area contributed by atoms with Gasteiger partial charge >= 0.3 is 6.01 Å². The first-order valence-corrected chi connectivity index (χ1v) is 7.98. The highest BCUT2D eigenvalue weighted by Crippen LogP contribution is 2.23. The number of hydrogen-bond donors (Lipinski definition) is 1. The number of carbonyl (C=O) groups excluding carboxylic acids is 1. The number of nitrogens with zero attached hydrogens (tertiary/aromatic N) is 2. The number of ether oxygens (including phenoxy) is 1. The third-order valence-corrected chi connectivity index (χ3v) is 3.65. The number of rotatable bonds is 4. The Morgan fingerprint density at radius 2 is 1.64 bits per heavy atom. The highest BCUT2D eigenvalue weighted by atomic mass is 16.5. The highest BCUT2D eigenvalue weighted by Gasteiger charge is 2.09. The lowest BCUT2D eigenvalue weighted by atomic mass is 10.1. The number of aryl methyl sites for hydroxylation is 3. The van der Waals surface area contributed by atoms with Crippen molar-refractivity contribution in [3.8, 4) is 11.8 Å². The van der Waals surface area contributed by atoms with Crippen molar-refractivity contribution < 1.29 is 9.53 Å². The summed E-state index contributed by atoms with van der Waals surface area (Å²) in [5, 5.41) is 2.89. The van der Waals surface area contributed by atoms with Gasteiger partial charge in [0.25, 0.3) is 5.91 Å². The van der Waals surface area contributed by atoms with Crippen LogP contribution in [0.1, 0.15) is 27.3 Å². The molecule has 3 aromatic rings. The van der Waals surface area contributed by atoms with Crippen LogP contribution in [0.25, 0.3) is 0 Å². The number of amides is 1. The molecule has 3 rings (SSSR count). The summed E-state index contributed by atoms with van der Waals surface area (Å²) in [5.74, 6) is 0.408. The van der Waals surface area contributed by atoms with Gasteiger partial charge in [0.05, 0.1) is 0 Å². The Labute approximate surface area is 146 Å². The van der Waals surface area contributed by atoms with E-state index in [9.17, 15) is 4.79 Å². The Bertz CT molecular complexity index is 902. The maximum atomic E-state index is 12.4. The highest BCUT2D eigenvalue weighted by molar-refractivity contribution is 6.05. The third-order valence-electron chi connectivity index (χ3n) is 3.65. The molecule has 0 aliphatic rings. The fourth-order valence-electron chi connectivity index (χ4n) is 2.51. The lowest BCUT2D eigenvalue weighted by Gasteiger charge is -2.10. The molecule has 1 aromatic heterocycles. The molecule has 0 saturated carbocycles. The number of anilines is 1. The second kappa shape index (κ2) is 7.13. The van der Waals surface area contributed by atoms with Crippen LogP contribution in [0.2, 0.25) is 0 Å². The van der Waals surface area contributed by atoms with Crippen molar-refractivity contribution in [3.05, 3.63) is 77.1 Å². The van der Waals surface area contributed by atoms with Crippen molar-refractivity contribution in [2.45, 2.75) is 20.8 Å². The fraction of sp³-hybridized carbons (Fsp3) is 0.150. The molecule has 0 unspecified atom stereocenters. The third kappa shape index (κ3) is 4.20. The monoisotopic (exact) mass is 333 g/mol. The van der Waals surface area contributed by atoms with E-state index in [1.54, 1.807) is 18.2 Å². The molecule has 0 bridgehead atoms. The maximum absolute atomic E-state index is 12.4. The van der Waals surface area contributed by atoms with Crippen LogP contribution in [-0.2, 0) is 0 Å². The van der Waals surface area contributed by atoms with Crippen molar-refractivity contribution >= 4 is 11.6 Å². The minimum atomic E-state index is -0.155. The Balaban J connectivity index is 1.77. The van der Waals surface area contributed by atoms with Crippen molar-refractivity contribution in [1.29, 1.82) is 0 Å². The number of aromatic nitrogens is 2. The van der Waals surface area contributed by atoms with Gasteiger partial charge in [0, 0.05) is 28.7 Å². The molecule has 0 atom stereocenters. The topological polar surface area (TPSA) is 64.1 Å². The fourth-order valence-corrected chi connectivity index (χ4v) is 2.51. The van der Waals surface area contributed by atoms with Crippen molar-refractivity contribution in [2.75, 3.05) is 5.32 Å². The smallest absolute Gasteiger partial charge is 0.322 e. The first kappa shape index (κ1) is 16.6. The summed E-state index contributed by atoms with van der Waals surface area (Å²) >= 11 is 0. The van der Waals surface area contributed by atoms with E-state index < -0.39 is 0 Å². The Morgan fingerprint density at radius 3 is 2.36 bits per heavy atom. The van der Waals surface area contributed by atoms with Gasteiger partial charge in [-0.25, -0.2) is 9.97 Å². The zero-order chi connectivity index (χ0) is 17.8. The summed E-state index contributed by atoms with van der Waals surface area (Å²) in [6, 6.07) is 16.8. The van der Waals surface area contributed by atoms with Gasteiger partial charge in [-0.2, -0.15) is 0 Å². The van der Waals surface area contributed by atoms with Crippen molar-refractivity contribution in [2.24, 2.45) is 0 Å². The molecule has 0 spiro atoms. The van der Waals surface area contributed by atoms with Gasteiger partial charge in [0.15, 0.2) is 0 Å². The van der Waals surface area contributed by atoms with E-state index >= 15 is 0 Å². The number of carbonyl (C=O) groups is 1. The Hall–Kier alpha value is -3.21. The molecule has 0 fully saturated rings. The van der Waals surface area contributed by atoms with Crippen LogP contribution in [-0.4, -0.2) is 15.9 Å². The van der Waals surface area contributed by atoms with Crippen LogP contribution < -0.4 is 10.1 Å². The van der Waals surface area contributed by atoms with E-state index in [0.29, 0.717) is 23.0 Å². The molecule has 1 N–H and O–H groups in total. The average Bonchev–Trinajstić information content (AvgIpc) is 2.54. The zero-order valence-electron chi connectivity index (χ0n) is 14.4. The van der Waals surface area contributed by atoms with Gasteiger partial charge in [-0.05, 0) is 50.6 Å². The Morgan fingerprint density at radius 1 is 0.920 bits per heavy atom. The van der Waals surface area contributed by atoms with Gasteiger partial charge in [0.2, 0.25) is 0 Å². The molecular formula is C20H19N3O2. The number of nitrogens with one attached hydrogen (secondary N) is 1. The van der Waals surface area contributed by atoms with Crippen molar-refractivity contribution in [3.63, 3.8) is 0 Å². The van der Waals surface area contributed by atoms with E-state index in [4.69, 9.17) is 4.74 Å². The summed E-state index contributed by atoms with van der Waals surface area (Å²) in [4.78, 5) is 20.9. The summed E-state index contributed by atoms with van der Waals surface area (Å²) in [6.45, 7) is 5.69. The van der Waals surface area contributed by atoms with Crippen LogP contribution in [0.3, 0.4) is 0 Å². The molecule has 2 aromatic carbocycles. The van der Waals surface area contributed by atoms with Crippen molar-refractivity contribution in [1.82, 2.24) is 9.97 Å². The lowest BCUT2D eigenvalue weighted by Crippen LogP contribution is -2.13. The molecule has 126 valence electrons. The molecule has 0 aliphatic heterocycles. The van der Waals surface area contributed by atoms with E-state index in [0.717, 1.165) is 17.0 Å². The van der Waals surface area contributed by atoms with Crippen LogP contribution >= 0.6 is 0 Å². The molecule has 25 heavy (non-hydrogen) atoms. The van der Waals surface area contributed by atoms with E-state index in [-0.39, 0.29) is 5.91 Å². The van der Waals surface area contributed by atoms with Gasteiger partial charge in [0.1, 0.15) is 5.75 Å². The standard InChI is InChI=1S/C20H19N3O2/c1-13-7-4-5-10-18(13)19(24)23-16-8-6-9-17(12-16)25-20-21-14(2)11-15(3)22-20/h4-12H,1-3H3,(H,23,24). The first-order chi connectivity index (χ1) is 12.0. The van der Waals surface area contributed by atoms with Gasteiger partial charge in [-0.3, -0.25) is 4.79 Å². The summed E-state index contributed by atoms with van der Waals surface area (Å²) in [6.07, 6.45) is 0. The predicted molar refractivity (Wildman–Crippen MR) is 97.2 cm³/mol. The summed E-state index contributed by atoms with van der Waals surface area (Å²) in [5.41, 5.74) is 3.90. The zero-order valence-corrected chi connectivity index (χ0v) is 14.4. The van der Waals surface area contributed by atoms with Crippen LogP contribution in [0.15, 0.2) is 54.6 Å². The maximum Gasteiger partial charge on any atom is 0.322 e. The number of hydrogen-bond acceptors (Lipinski definition) is 4. The molecule has 1 heterocycles. The molecule has 5 heteroatoms. The Kier molecular flexibility index (Phi) is 4.75. The summed E-state index contributed by atoms with van der Waals surface area (Å²) in [7, 11) is 0. The predicted octanol–water partition coefficient (Wildman–Crippen LogP) is 4.45. The molecule has 5 nitrogen and oxygen atoms in total. The minimum absolute atomic E-state index is 0.155. The summed E-state index contributed by atoms with van der Waals surface area (Å²) < 4.78 is 5.72. The molecule has 0 saturated heterocycles. The second-order valence-corrected chi connectivity index (χ2v) is 5.83. The molecule has 1 amide bonds. The second-order valence-electron chi connectivity index (χ2n) is 5.83. The van der Waals surface area contributed by atoms with E-state index in [1.165, 1.54) is 0 Å². The molecule has 0 aliphatic carbocycles. The van der Waals surface area contributed by atoms with Crippen LogP contribution in [0.5, 0.6) is 11.8 Å². The van der Waals surface area contributed by atoms with E-state index in [2.05, 4.69) is 15.3 Å².